The summed E-state index contributed by atoms with van der Waals surface area (Å²) in [6, 6.07) is 0. The van der Waals surface area contributed by atoms with E-state index < -0.39 is 0 Å². The van der Waals surface area contributed by atoms with Crippen LogP contribution in [0.5, 0.6) is 0 Å². The number of oxime groups is 1. The van der Waals surface area contributed by atoms with Crippen molar-refractivity contribution in [1.29, 1.82) is 0 Å². The van der Waals surface area contributed by atoms with E-state index in [1.807, 2.05) is 0 Å². The second-order valence-corrected chi connectivity index (χ2v) is 4.05. The number of nitrogens with zero attached hydrogens (tertiary/aromatic N) is 2. The van der Waals surface area contributed by atoms with E-state index in [0.717, 1.165) is 31.8 Å². The Balaban J connectivity index is 2.39. The highest BCUT2D eigenvalue weighted by Gasteiger charge is 2.23. The zero-order valence-corrected chi connectivity index (χ0v) is 9.23. The summed E-state index contributed by atoms with van der Waals surface area (Å²) in [4.78, 5) is 2.35. The summed E-state index contributed by atoms with van der Waals surface area (Å²) >= 11 is 0. The molecule has 0 aliphatic carbocycles. The molecule has 0 aromatic rings. The second-order valence-electron chi connectivity index (χ2n) is 4.05. The molecule has 0 aromatic heterocycles. The maximum Gasteiger partial charge on any atom is 0.0670 e. The van der Waals surface area contributed by atoms with Crippen molar-refractivity contribution >= 4 is 5.71 Å². The summed E-state index contributed by atoms with van der Waals surface area (Å²) in [5.74, 6) is 0.359. The van der Waals surface area contributed by atoms with E-state index in [-0.39, 0.29) is 6.10 Å². The van der Waals surface area contributed by atoms with Gasteiger partial charge in [0, 0.05) is 39.1 Å². The lowest BCUT2D eigenvalue weighted by Gasteiger charge is -2.32. The third-order valence-electron chi connectivity index (χ3n) is 2.83. The molecule has 82 valence electrons. The Morgan fingerprint density at radius 2 is 2.43 bits per heavy atom. The van der Waals surface area contributed by atoms with Gasteiger partial charge in [-0.3, -0.25) is 4.90 Å². The number of piperidine rings is 1. The highest BCUT2D eigenvalue weighted by molar-refractivity contribution is 5.86. The van der Waals surface area contributed by atoms with Crippen LogP contribution in [0.3, 0.4) is 0 Å². The van der Waals surface area contributed by atoms with Crippen LogP contribution in [0, 0.1) is 5.92 Å². The average molecular weight is 200 g/mol. The standard InChI is InChI=1S/C10H20N2O2/c1-8-6-12(7-9(2)14-3)5-4-10(8)11-13/h8-9,13H,4-7H2,1-3H3. The first-order chi connectivity index (χ1) is 6.67. The van der Waals surface area contributed by atoms with E-state index in [1.54, 1.807) is 7.11 Å². The molecule has 1 heterocycles. The molecule has 2 atom stereocenters. The molecule has 1 rings (SSSR count). The van der Waals surface area contributed by atoms with Crippen LogP contribution >= 0.6 is 0 Å². The molecule has 1 N–H and O–H groups in total. The van der Waals surface area contributed by atoms with Gasteiger partial charge in [-0.05, 0) is 6.92 Å². The molecule has 1 saturated heterocycles. The summed E-state index contributed by atoms with van der Waals surface area (Å²) in [6.45, 7) is 7.06. The quantitative estimate of drug-likeness (QED) is 0.550. The zero-order valence-electron chi connectivity index (χ0n) is 9.23. The fourth-order valence-corrected chi connectivity index (χ4v) is 1.86. The maximum absolute atomic E-state index is 8.72. The largest absolute Gasteiger partial charge is 0.411 e. The van der Waals surface area contributed by atoms with Crippen molar-refractivity contribution in [3.8, 4) is 0 Å². The lowest BCUT2D eigenvalue weighted by Crippen LogP contribution is -2.43. The van der Waals surface area contributed by atoms with Gasteiger partial charge in [0.05, 0.1) is 11.8 Å². The Kier molecular flexibility index (Phi) is 4.35. The van der Waals surface area contributed by atoms with Gasteiger partial charge in [-0.2, -0.15) is 0 Å². The fourth-order valence-electron chi connectivity index (χ4n) is 1.86. The van der Waals surface area contributed by atoms with E-state index in [9.17, 15) is 0 Å². The van der Waals surface area contributed by atoms with Gasteiger partial charge in [-0.15, -0.1) is 0 Å². The molecule has 0 radical (unpaired) electrons. The number of likely N-dealkylation sites (tertiary alicyclic amines) is 1. The van der Waals surface area contributed by atoms with Crippen LogP contribution in [0.4, 0.5) is 0 Å². The monoisotopic (exact) mass is 200 g/mol. The van der Waals surface area contributed by atoms with Crippen LogP contribution in [0.15, 0.2) is 5.16 Å². The van der Waals surface area contributed by atoms with Crippen molar-refractivity contribution in [2.24, 2.45) is 11.1 Å². The number of hydrogen-bond acceptors (Lipinski definition) is 4. The minimum absolute atomic E-state index is 0.273. The van der Waals surface area contributed by atoms with Crippen LogP contribution in [0.1, 0.15) is 20.3 Å². The third kappa shape index (κ3) is 2.96. The minimum Gasteiger partial charge on any atom is -0.411 e. The highest BCUT2D eigenvalue weighted by Crippen LogP contribution is 2.14. The minimum atomic E-state index is 0.273. The lowest BCUT2D eigenvalue weighted by atomic mass is 9.97. The van der Waals surface area contributed by atoms with Gasteiger partial charge in [-0.25, -0.2) is 0 Å². The van der Waals surface area contributed by atoms with Crippen molar-refractivity contribution < 1.29 is 9.94 Å². The first kappa shape index (κ1) is 11.5. The molecule has 2 unspecified atom stereocenters. The van der Waals surface area contributed by atoms with Gasteiger partial charge in [0.15, 0.2) is 0 Å². The molecule has 0 saturated carbocycles. The van der Waals surface area contributed by atoms with E-state index in [1.165, 1.54) is 0 Å². The summed E-state index contributed by atoms with van der Waals surface area (Å²) in [6.07, 6.45) is 1.14. The Morgan fingerprint density at radius 1 is 1.71 bits per heavy atom. The number of hydrogen-bond donors (Lipinski definition) is 1. The van der Waals surface area contributed by atoms with Gasteiger partial charge in [-0.1, -0.05) is 12.1 Å². The maximum atomic E-state index is 8.72. The van der Waals surface area contributed by atoms with Crippen molar-refractivity contribution in [2.75, 3.05) is 26.7 Å². The molecular weight excluding hydrogens is 180 g/mol. The Labute approximate surface area is 85.5 Å². The Bertz CT molecular complexity index is 206. The van der Waals surface area contributed by atoms with Gasteiger partial charge in [0.1, 0.15) is 0 Å². The molecule has 4 heteroatoms. The van der Waals surface area contributed by atoms with Crippen molar-refractivity contribution in [3.05, 3.63) is 0 Å². The normalized spacial score (nSPS) is 29.4. The van der Waals surface area contributed by atoms with E-state index >= 15 is 0 Å². The van der Waals surface area contributed by atoms with Crippen LogP contribution in [0.2, 0.25) is 0 Å². The lowest BCUT2D eigenvalue weighted by molar-refractivity contribution is 0.0722. The molecule has 1 fully saturated rings. The molecule has 0 amide bonds. The second kappa shape index (κ2) is 5.32. The third-order valence-corrected chi connectivity index (χ3v) is 2.83. The van der Waals surface area contributed by atoms with Crippen LogP contribution in [-0.4, -0.2) is 48.7 Å². The predicted molar refractivity (Wildman–Crippen MR) is 55.9 cm³/mol. The molecular formula is C10H20N2O2. The average Bonchev–Trinajstić information content (AvgIpc) is 2.18. The fraction of sp³-hybridized carbons (Fsp3) is 0.900. The summed E-state index contributed by atoms with van der Waals surface area (Å²) in [7, 11) is 1.73. The molecule has 14 heavy (non-hydrogen) atoms. The number of rotatable bonds is 3. The zero-order chi connectivity index (χ0) is 10.6. The highest BCUT2D eigenvalue weighted by atomic mass is 16.5. The summed E-state index contributed by atoms with van der Waals surface area (Å²) in [5.41, 5.74) is 0.923. The number of ether oxygens (including phenoxy) is 1. The van der Waals surface area contributed by atoms with Crippen LogP contribution in [-0.2, 0) is 4.74 Å². The summed E-state index contributed by atoms with van der Waals surface area (Å²) < 4.78 is 5.22. The molecule has 1 aliphatic rings. The first-order valence-electron chi connectivity index (χ1n) is 5.13. The molecule has 1 aliphatic heterocycles. The smallest absolute Gasteiger partial charge is 0.0670 e. The molecule has 4 nitrogen and oxygen atoms in total. The molecule has 0 bridgehead atoms. The Morgan fingerprint density at radius 3 is 2.93 bits per heavy atom. The van der Waals surface area contributed by atoms with E-state index in [0.29, 0.717) is 5.92 Å². The van der Waals surface area contributed by atoms with Gasteiger partial charge in [0.25, 0.3) is 0 Å². The van der Waals surface area contributed by atoms with E-state index in [4.69, 9.17) is 9.94 Å². The van der Waals surface area contributed by atoms with Crippen molar-refractivity contribution in [1.82, 2.24) is 4.90 Å². The SMILES string of the molecule is COC(C)CN1CCC(=NO)C(C)C1. The number of methoxy groups -OCH3 is 1. The van der Waals surface area contributed by atoms with Crippen LogP contribution < -0.4 is 0 Å². The van der Waals surface area contributed by atoms with Crippen molar-refractivity contribution in [2.45, 2.75) is 26.4 Å². The first-order valence-corrected chi connectivity index (χ1v) is 5.13. The predicted octanol–water partition coefficient (Wildman–Crippen LogP) is 1.19. The molecule has 0 spiro atoms. The Hall–Kier alpha value is -0.610. The van der Waals surface area contributed by atoms with Crippen LogP contribution in [0.25, 0.3) is 0 Å². The van der Waals surface area contributed by atoms with Gasteiger partial charge in [0.2, 0.25) is 0 Å². The molecule has 0 aromatic carbocycles. The van der Waals surface area contributed by atoms with E-state index in [2.05, 4.69) is 23.9 Å². The topological polar surface area (TPSA) is 45.1 Å². The van der Waals surface area contributed by atoms with Gasteiger partial charge >= 0.3 is 0 Å². The summed E-state index contributed by atoms with van der Waals surface area (Å²) in [5, 5.41) is 12.0. The van der Waals surface area contributed by atoms with Crippen molar-refractivity contribution in [3.63, 3.8) is 0 Å². The van der Waals surface area contributed by atoms with Gasteiger partial charge < -0.3 is 9.94 Å².